The molecule has 0 aliphatic carbocycles. The van der Waals surface area contributed by atoms with Gasteiger partial charge in [0.2, 0.25) is 0 Å². The maximum absolute atomic E-state index is 13.2. The van der Waals surface area contributed by atoms with Crippen molar-refractivity contribution in [2.45, 2.75) is 49.0 Å². The van der Waals surface area contributed by atoms with Crippen LogP contribution in [0.3, 0.4) is 0 Å². The minimum absolute atomic E-state index is 0.0741. The maximum atomic E-state index is 13.2. The molecule has 0 aromatic heterocycles. The van der Waals surface area contributed by atoms with E-state index < -0.39 is 43.7 Å². The molecule has 0 amide bonds. The third-order valence-corrected chi connectivity index (χ3v) is 7.67. The lowest BCUT2D eigenvalue weighted by Gasteiger charge is -2.38. The molecule has 2 fully saturated rings. The summed E-state index contributed by atoms with van der Waals surface area (Å²) in [4.78, 5) is 12.4. The second-order valence-electron chi connectivity index (χ2n) is 6.45. The Kier molecular flexibility index (Phi) is 4.25. The lowest BCUT2D eigenvalue weighted by atomic mass is 9.85. The van der Waals surface area contributed by atoms with Crippen molar-refractivity contribution in [3.05, 3.63) is 35.1 Å². The van der Waals surface area contributed by atoms with Crippen LogP contribution < -0.4 is 0 Å². The number of ketones is 1. The summed E-state index contributed by atoms with van der Waals surface area (Å²) in [5, 5.41) is -0.962. The van der Waals surface area contributed by atoms with Gasteiger partial charge in [0, 0.05) is 12.3 Å². The van der Waals surface area contributed by atoms with Crippen LogP contribution >= 0.6 is 0 Å². The molecule has 126 valence electrons. The zero-order chi connectivity index (χ0) is 16.8. The van der Waals surface area contributed by atoms with E-state index in [4.69, 9.17) is 0 Å². The van der Waals surface area contributed by atoms with Crippen molar-refractivity contribution in [1.29, 1.82) is 0 Å². The van der Waals surface area contributed by atoms with Gasteiger partial charge in [-0.25, -0.2) is 21.6 Å². The number of carbonyl (C=O) groups is 1. The van der Waals surface area contributed by atoms with Gasteiger partial charge in [0.15, 0.2) is 27.3 Å². The number of sulfone groups is 1. The summed E-state index contributed by atoms with van der Waals surface area (Å²) < 4.78 is 63.8. The molecule has 0 radical (unpaired) electrons. The largest absolute Gasteiger partial charge is 0.299 e. The first kappa shape index (κ1) is 16.5. The molecule has 23 heavy (non-hydrogen) atoms. The highest BCUT2D eigenvalue weighted by Gasteiger charge is 2.45. The van der Waals surface area contributed by atoms with E-state index in [0.717, 1.165) is 18.6 Å². The van der Waals surface area contributed by atoms with Crippen molar-refractivity contribution in [3.63, 3.8) is 0 Å². The highest BCUT2D eigenvalue weighted by Crippen LogP contribution is 2.40. The third-order valence-electron chi connectivity index (χ3n) is 4.95. The van der Waals surface area contributed by atoms with Gasteiger partial charge in [-0.2, -0.15) is 0 Å². The second-order valence-corrected chi connectivity index (χ2v) is 8.96. The van der Waals surface area contributed by atoms with Crippen LogP contribution in [-0.2, 0) is 21.1 Å². The minimum atomic E-state index is -3.15. The van der Waals surface area contributed by atoms with Gasteiger partial charge >= 0.3 is 0 Å². The predicted octanol–water partition coefficient (Wildman–Crippen LogP) is 2.96. The van der Waals surface area contributed by atoms with E-state index in [-0.39, 0.29) is 30.6 Å². The highest BCUT2D eigenvalue weighted by atomic mass is 32.2. The fraction of sp³-hybridized carbons (Fsp3) is 0.562. The predicted molar refractivity (Wildman–Crippen MR) is 78.1 cm³/mol. The van der Waals surface area contributed by atoms with Crippen molar-refractivity contribution in [1.82, 2.24) is 0 Å². The summed E-state index contributed by atoms with van der Waals surface area (Å²) in [6.07, 6.45) is 2.35. The van der Waals surface area contributed by atoms with Gasteiger partial charge < -0.3 is 0 Å². The van der Waals surface area contributed by atoms with Crippen molar-refractivity contribution in [2.24, 2.45) is 5.92 Å². The SMILES string of the molecule is O=C(Cc1cc(F)c(F)c(F)c1)C1CC2CCCC(C1)S2(=O)=O. The molecule has 1 aromatic carbocycles. The summed E-state index contributed by atoms with van der Waals surface area (Å²) in [6.45, 7) is 0. The van der Waals surface area contributed by atoms with Crippen LogP contribution in [0.1, 0.15) is 37.7 Å². The molecule has 2 aliphatic rings. The standard InChI is InChI=1S/C16H17F3O3S/c17-13-4-9(5-14(18)16(13)19)6-15(20)10-7-11-2-1-3-12(8-10)23(11,21)22/h4-5,10-12H,1-3,6-8H2. The quantitative estimate of drug-likeness (QED) is 0.791. The average Bonchev–Trinajstić information content (AvgIpc) is 2.43. The van der Waals surface area contributed by atoms with E-state index in [9.17, 15) is 26.4 Å². The number of rotatable bonds is 3. The molecule has 3 rings (SSSR count). The summed E-state index contributed by atoms with van der Waals surface area (Å²) in [7, 11) is -3.15. The Morgan fingerprint density at radius 1 is 1.04 bits per heavy atom. The molecule has 3 nitrogen and oxygen atoms in total. The van der Waals surface area contributed by atoms with Crippen molar-refractivity contribution in [2.75, 3.05) is 0 Å². The van der Waals surface area contributed by atoms with E-state index in [0.29, 0.717) is 12.8 Å². The highest BCUT2D eigenvalue weighted by molar-refractivity contribution is 7.92. The van der Waals surface area contributed by atoms with Crippen molar-refractivity contribution >= 4 is 15.6 Å². The van der Waals surface area contributed by atoms with E-state index in [1.807, 2.05) is 0 Å². The summed E-state index contributed by atoms with van der Waals surface area (Å²) in [5.41, 5.74) is 0.0741. The molecule has 0 saturated carbocycles. The van der Waals surface area contributed by atoms with Crippen LogP contribution in [0, 0.1) is 23.4 Å². The fourth-order valence-electron chi connectivity index (χ4n) is 3.73. The Hall–Kier alpha value is -1.37. The molecule has 2 atom stereocenters. The number of fused-ring (bicyclic) bond motifs is 2. The summed E-state index contributed by atoms with van der Waals surface area (Å²) in [5.74, 6) is -4.85. The van der Waals surface area contributed by atoms with Gasteiger partial charge in [-0.15, -0.1) is 0 Å². The average molecular weight is 346 g/mol. The van der Waals surface area contributed by atoms with Gasteiger partial charge in [0.05, 0.1) is 10.5 Å². The summed E-state index contributed by atoms with van der Waals surface area (Å²) in [6, 6.07) is 1.63. The van der Waals surface area contributed by atoms with Gasteiger partial charge in [-0.3, -0.25) is 4.79 Å². The Labute approximate surface area is 132 Å². The minimum Gasteiger partial charge on any atom is -0.299 e. The monoisotopic (exact) mass is 346 g/mol. The van der Waals surface area contributed by atoms with E-state index in [2.05, 4.69) is 0 Å². The molecule has 0 spiro atoms. The molecule has 2 bridgehead atoms. The van der Waals surface area contributed by atoms with E-state index >= 15 is 0 Å². The molecular weight excluding hydrogens is 329 g/mol. The number of Topliss-reactive ketones (excluding diaryl/α,β-unsaturated/α-hetero) is 1. The van der Waals surface area contributed by atoms with Gasteiger partial charge in [0.25, 0.3) is 0 Å². The van der Waals surface area contributed by atoms with Gasteiger partial charge in [0.1, 0.15) is 5.78 Å². The zero-order valence-corrected chi connectivity index (χ0v) is 13.2. The normalized spacial score (nSPS) is 29.3. The number of hydrogen-bond donors (Lipinski definition) is 0. The Morgan fingerprint density at radius 2 is 1.57 bits per heavy atom. The number of halogens is 3. The third kappa shape index (κ3) is 3.03. The summed E-state index contributed by atoms with van der Waals surface area (Å²) >= 11 is 0. The number of hydrogen-bond acceptors (Lipinski definition) is 3. The Morgan fingerprint density at radius 3 is 2.09 bits per heavy atom. The van der Waals surface area contributed by atoms with Gasteiger partial charge in [-0.1, -0.05) is 6.42 Å². The zero-order valence-electron chi connectivity index (χ0n) is 12.4. The Bertz CT molecular complexity index is 702. The molecule has 7 heteroatoms. The first-order chi connectivity index (χ1) is 10.8. The second kappa shape index (κ2) is 5.92. The molecule has 1 aromatic rings. The molecule has 2 unspecified atom stereocenters. The molecule has 0 N–H and O–H groups in total. The van der Waals surface area contributed by atoms with Crippen molar-refractivity contribution in [3.8, 4) is 0 Å². The van der Waals surface area contributed by atoms with Crippen LogP contribution in [0.5, 0.6) is 0 Å². The number of carbonyl (C=O) groups excluding carboxylic acids is 1. The number of benzene rings is 1. The first-order valence-corrected chi connectivity index (χ1v) is 9.29. The molecule has 2 saturated heterocycles. The maximum Gasteiger partial charge on any atom is 0.194 e. The van der Waals surface area contributed by atoms with E-state index in [1.165, 1.54) is 0 Å². The molecule has 2 heterocycles. The van der Waals surface area contributed by atoms with Crippen LogP contribution in [0.4, 0.5) is 13.2 Å². The van der Waals surface area contributed by atoms with Crippen LogP contribution in [-0.4, -0.2) is 24.7 Å². The molecule has 2 aliphatic heterocycles. The van der Waals surface area contributed by atoms with Crippen molar-refractivity contribution < 1.29 is 26.4 Å². The van der Waals surface area contributed by atoms with Crippen LogP contribution in [0.25, 0.3) is 0 Å². The Balaban J connectivity index is 1.75. The smallest absolute Gasteiger partial charge is 0.194 e. The lowest BCUT2D eigenvalue weighted by Crippen LogP contribution is -2.45. The van der Waals surface area contributed by atoms with Crippen LogP contribution in [0.2, 0.25) is 0 Å². The topological polar surface area (TPSA) is 51.2 Å². The fourth-order valence-corrected chi connectivity index (χ4v) is 6.26. The molecular formula is C16H17F3O3S. The lowest BCUT2D eigenvalue weighted by molar-refractivity contribution is -0.122. The van der Waals surface area contributed by atoms with Crippen LogP contribution in [0.15, 0.2) is 12.1 Å². The van der Waals surface area contributed by atoms with Gasteiger partial charge in [-0.05, 0) is 43.4 Å². The first-order valence-electron chi connectivity index (χ1n) is 7.68. The van der Waals surface area contributed by atoms with E-state index in [1.54, 1.807) is 0 Å².